The van der Waals surface area contributed by atoms with Gasteiger partial charge in [0.15, 0.2) is 0 Å². The Morgan fingerprint density at radius 3 is 2.64 bits per heavy atom. The molecule has 0 unspecified atom stereocenters. The maximum Gasteiger partial charge on any atom is 0.350 e. The summed E-state index contributed by atoms with van der Waals surface area (Å²) in [4.78, 5) is 24.7. The number of ether oxygens (including phenoxy) is 1. The molecule has 0 atom stereocenters. The van der Waals surface area contributed by atoms with E-state index in [0.717, 1.165) is 16.5 Å². The van der Waals surface area contributed by atoms with Crippen LogP contribution < -0.4 is 16.1 Å². The fourth-order valence-electron chi connectivity index (χ4n) is 3.65. The fourth-order valence-corrected chi connectivity index (χ4v) is 3.65. The molecule has 2 aromatic carbocycles. The molecule has 0 radical (unpaired) electrons. The van der Waals surface area contributed by atoms with Crippen LogP contribution in [0.15, 0.2) is 75.1 Å². The Kier molecular flexibility index (Phi) is 5.09. The molecule has 0 aliphatic carbocycles. The molecule has 3 aromatic heterocycles. The van der Waals surface area contributed by atoms with Crippen molar-refractivity contribution in [3.63, 3.8) is 0 Å². The quantitative estimate of drug-likeness (QED) is 0.369. The Labute approximate surface area is 187 Å². The first kappa shape index (κ1) is 20.4. The third kappa shape index (κ3) is 4.05. The van der Waals surface area contributed by atoms with Crippen molar-refractivity contribution in [3.05, 3.63) is 98.8 Å². The summed E-state index contributed by atoms with van der Waals surface area (Å²) in [7, 11) is 1.58. The van der Waals surface area contributed by atoms with Crippen LogP contribution in [-0.2, 0) is 13.1 Å². The molecule has 0 aliphatic heterocycles. The summed E-state index contributed by atoms with van der Waals surface area (Å²) in [5, 5.41) is 13.4. The molecule has 0 amide bonds. The van der Waals surface area contributed by atoms with Crippen molar-refractivity contribution in [2.45, 2.75) is 20.0 Å². The zero-order chi connectivity index (χ0) is 22.9. The molecule has 0 saturated carbocycles. The Hall–Kier alpha value is -4.47. The zero-order valence-electron chi connectivity index (χ0n) is 18.0. The summed E-state index contributed by atoms with van der Waals surface area (Å²) in [5.41, 5.74) is 2.84. The number of rotatable bonds is 6. The number of aromatic nitrogens is 6. The lowest BCUT2D eigenvalue weighted by molar-refractivity contribution is 0.414. The van der Waals surface area contributed by atoms with Gasteiger partial charge in [-0.25, -0.2) is 14.3 Å². The number of hydrogen-bond acceptors (Lipinski definition) is 7. The smallest absolute Gasteiger partial charge is 0.350 e. The molecular formula is C23H20N6O4. The standard InChI is InChI=1S/C23H20N6O4/c1-15-3-8-20-16(10-22(30)33-21(20)9-15)11-28-13-17(25-26-28)12-27-14-24-29(23(27)31)18-4-6-19(32-2)7-5-18/h3-10,13-14H,11-12H2,1-2H3. The predicted molar refractivity (Wildman–Crippen MR) is 120 cm³/mol. The van der Waals surface area contributed by atoms with Gasteiger partial charge >= 0.3 is 11.3 Å². The lowest BCUT2D eigenvalue weighted by Crippen LogP contribution is -2.24. The molecule has 3 heterocycles. The van der Waals surface area contributed by atoms with E-state index in [2.05, 4.69) is 15.4 Å². The molecule has 10 nitrogen and oxygen atoms in total. The summed E-state index contributed by atoms with van der Waals surface area (Å²) in [6.07, 6.45) is 3.20. The van der Waals surface area contributed by atoms with Crippen molar-refractivity contribution in [1.82, 2.24) is 29.3 Å². The molecule has 5 aromatic rings. The second-order valence-corrected chi connectivity index (χ2v) is 7.65. The Bertz CT molecular complexity index is 1560. The fraction of sp³-hybridized carbons (Fsp3) is 0.174. The van der Waals surface area contributed by atoms with Gasteiger partial charge in [0.1, 0.15) is 23.4 Å². The highest BCUT2D eigenvalue weighted by Crippen LogP contribution is 2.19. The summed E-state index contributed by atoms with van der Waals surface area (Å²) >= 11 is 0. The first-order valence-corrected chi connectivity index (χ1v) is 10.2. The van der Waals surface area contributed by atoms with Crippen LogP contribution in [0.4, 0.5) is 0 Å². The van der Waals surface area contributed by atoms with Crippen LogP contribution >= 0.6 is 0 Å². The normalized spacial score (nSPS) is 11.2. The van der Waals surface area contributed by atoms with Gasteiger partial charge in [-0.3, -0.25) is 4.57 Å². The van der Waals surface area contributed by atoms with Gasteiger partial charge in [-0.1, -0.05) is 17.3 Å². The van der Waals surface area contributed by atoms with Crippen LogP contribution in [0.2, 0.25) is 0 Å². The maximum atomic E-state index is 12.8. The SMILES string of the molecule is COc1ccc(-n2ncn(Cc3cn(Cc4cc(=O)oc5cc(C)ccc45)nn3)c2=O)cc1. The Balaban J connectivity index is 1.37. The van der Waals surface area contributed by atoms with Crippen molar-refractivity contribution in [3.8, 4) is 11.4 Å². The predicted octanol–water partition coefficient (Wildman–Crippen LogP) is 2.15. The molecule has 5 rings (SSSR count). The molecular weight excluding hydrogens is 424 g/mol. The lowest BCUT2D eigenvalue weighted by Gasteiger charge is -2.05. The van der Waals surface area contributed by atoms with Gasteiger partial charge in [0.2, 0.25) is 0 Å². The minimum atomic E-state index is -0.416. The summed E-state index contributed by atoms with van der Waals surface area (Å²) in [5.74, 6) is 0.696. The van der Waals surface area contributed by atoms with Crippen LogP contribution in [0.3, 0.4) is 0 Å². The van der Waals surface area contributed by atoms with Crippen molar-refractivity contribution in [2.24, 2.45) is 0 Å². The zero-order valence-corrected chi connectivity index (χ0v) is 18.0. The van der Waals surface area contributed by atoms with Gasteiger partial charge < -0.3 is 9.15 Å². The monoisotopic (exact) mass is 444 g/mol. The summed E-state index contributed by atoms with van der Waals surface area (Å²) < 4.78 is 14.8. The number of methoxy groups -OCH3 is 1. The van der Waals surface area contributed by atoms with E-state index in [-0.39, 0.29) is 12.2 Å². The van der Waals surface area contributed by atoms with Gasteiger partial charge in [-0.05, 0) is 48.4 Å². The number of nitrogens with zero attached hydrogens (tertiary/aromatic N) is 6. The minimum absolute atomic E-state index is 0.214. The molecule has 0 N–H and O–H groups in total. The molecule has 0 aliphatic rings. The average molecular weight is 444 g/mol. The maximum absolute atomic E-state index is 12.8. The topological polar surface area (TPSA) is 110 Å². The Morgan fingerprint density at radius 2 is 1.85 bits per heavy atom. The van der Waals surface area contributed by atoms with Gasteiger partial charge in [0.05, 0.1) is 32.1 Å². The van der Waals surface area contributed by atoms with Crippen molar-refractivity contribution in [1.29, 1.82) is 0 Å². The second-order valence-electron chi connectivity index (χ2n) is 7.65. The van der Waals surface area contributed by atoms with Crippen LogP contribution in [0.5, 0.6) is 5.75 Å². The third-order valence-corrected chi connectivity index (χ3v) is 5.29. The molecule has 0 spiro atoms. The first-order valence-electron chi connectivity index (χ1n) is 10.2. The van der Waals surface area contributed by atoms with Crippen LogP contribution in [0.1, 0.15) is 16.8 Å². The number of aryl methyl sites for hydroxylation is 1. The lowest BCUT2D eigenvalue weighted by atomic mass is 10.1. The number of fused-ring (bicyclic) bond motifs is 1. The minimum Gasteiger partial charge on any atom is -0.497 e. The molecule has 10 heteroatoms. The van der Waals surface area contributed by atoms with Crippen LogP contribution in [0, 0.1) is 6.92 Å². The number of benzene rings is 2. The molecule has 0 bridgehead atoms. The average Bonchev–Trinajstić information content (AvgIpc) is 3.40. The van der Waals surface area contributed by atoms with Crippen LogP contribution in [0.25, 0.3) is 16.7 Å². The van der Waals surface area contributed by atoms with E-state index in [1.54, 1.807) is 42.3 Å². The van der Waals surface area contributed by atoms with E-state index in [1.807, 2.05) is 25.1 Å². The van der Waals surface area contributed by atoms with Gasteiger partial charge in [-0.2, -0.15) is 9.78 Å². The molecule has 166 valence electrons. The van der Waals surface area contributed by atoms with Gasteiger partial charge in [-0.15, -0.1) is 5.10 Å². The molecule has 0 saturated heterocycles. The van der Waals surface area contributed by atoms with E-state index in [1.165, 1.54) is 21.6 Å². The van der Waals surface area contributed by atoms with E-state index < -0.39 is 5.63 Å². The summed E-state index contributed by atoms with van der Waals surface area (Å²) in [6.45, 7) is 2.50. The highest BCUT2D eigenvalue weighted by Gasteiger charge is 2.12. The van der Waals surface area contributed by atoms with E-state index in [9.17, 15) is 9.59 Å². The summed E-state index contributed by atoms with van der Waals surface area (Å²) in [6, 6.07) is 14.2. The highest BCUT2D eigenvalue weighted by atomic mass is 16.5. The van der Waals surface area contributed by atoms with Crippen molar-refractivity contribution >= 4 is 11.0 Å². The first-order chi connectivity index (χ1) is 16.0. The molecule has 0 fully saturated rings. The van der Waals surface area contributed by atoms with E-state index in [0.29, 0.717) is 29.3 Å². The second kappa shape index (κ2) is 8.23. The number of hydrogen-bond donors (Lipinski definition) is 0. The van der Waals surface area contributed by atoms with Gasteiger partial charge in [0, 0.05) is 11.5 Å². The largest absolute Gasteiger partial charge is 0.497 e. The van der Waals surface area contributed by atoms with E-state index >= 15 is 0 Å². The van der Waals surface area contributed by atoms with Crippen molar-refractivity contribution in [2.75, 3.05) is 7.11 Å². The van der Waals surface area contributed by atoms with Crippen LogP contribution in [-0.4, -0.2) is 36.5 Å². The Morgan fingerprint density at radius 1 is 1.03 bits per heavy atom. The molecule has 33 heavy (non-hydrogen) atoms. The highest BCUT2D eigenvalue weighted by molar-refractivity contribution is 5.80. The van der Waals surface area contributed by atoms with Crippen molar-refractivity contribution < 1.29 is 9.15 Å². The van der Waals surface area contributed by atoms with E-state index in [4.69, 9.17) is 9.15 Å². The van der Waals surface area contributed by atoms with Gasteiger partial charge in [0.25, 0.3) is 0 Å². The third-order valence-electron chi connectivity index (χ3n) is 5.29.